The molecule has 0 radical (unpaired) electrons. The molecule has 0 aliphatic carbocycles. The lowest BCUT2D eigenvalue weighted by Crippen LogP contribution is -2.64. The summed E-state index contributed by atoms with van der Waals surface area (Å²) < 4.78 is 5.23. The lowest BCUT2D eigenvalue weighted by Gasteiger charge is -2.40. The SMILES string of the molecule is C=CCN1C(N2CCN(c3ccc(OC)cc3)CC2)=NC2C1C(=O)NC(=O)N2C. The second-order valence-corrected chi connectivity index (χ2v) is 7.31. The summed E-state index contributed by atoms with van der Waals surface area (Å²) in [4.78, 5) is 37.2. The molecule has 3 amide bonds. The molecule has 2 unspecified atom stereocenters. The van der Waals surface area contributed by atoms with Gasteiger partial charge in [-0.25, -0.2) is 9.79 Å². The van der Waals surface area contributed by atoms with Crippen LogP contribution in [0.2, 0.25) is 0 Å². The van der Waals surface area contributed by atoms with Gasteiger partial charge in [-0.1, -0.05) is 6.08 Å². The van der Waals surface area contributed by atoms with E-state index in [9.17, 15) is 9.59 Å². The molecule has 1 aromatic carbocycles. The molecule has 0 saturated carbocycles. The summed E-state index contributed by atoms with van der Waals surface area (Å²) in [7, 11) is 3.33. The summed E-state index contributed by atoms with van der Waals surface area (Å²) >= 11 is 0. The smallest absolute Gasteiger partial charge is 0.325 e. The molecule has 3 aliphatic rings. The van der Waals surface area contributed by atoms with Crippen molar-refractivity contribution >= 4 is 23.6 Å². The Morgan fingerprint density at radius 2 is 1.83 bits per heavy atom. The normalized spacial score (nSPS) is 24.3. The van der Waals surface area contributed by atoms with Gasteiger partial charge in [-0.05, 0) is 24.3 Å². The molecule has 0 bridgehead atoms. The number of methoxy groups -OCH3 is 1. The van der Waals surface area contributed by atoms with Crippen LogP contribution in [0.15, 0.2) is 41.9 Å². The van der Waals surface area contributed by atoms with Gasteiger partial charge in [0.25, 0.3) is 5.91 Å². The summed E-state index contributed by atoms with van der Waals surface area (Å²) in [5.74, 6) is 1.29. The number of anilines is 1. The van der Waals surface area contributed by atoms with Crippen LogP contribution in [0, 0.1) is 0 Å². The monoisotopic (exact) mass is 398 g/mol. The van der Waals surface area contributed by atoms with E-state index < -0.39 is 18.2 Å². The number of guanidine groups is 1. The summed E-state index contributed by atoms with van der Waals surface area (Å²) in [6, 6.07) is 7.11. The molecule has 154 valence electrons. The molecule has 0 aromatic heterocycles. The number of carbonyl (C=O) groups is 2. The van der Waals surface area contributed by atoms with Gasteiger partial charge in [0.2, 0.25) is 0 Å². The summed E-state index contributed by atoms with van der Waals surface area (Å²) in [6.45, 7) is 7.54. The highest BCUT2D eigenvalue weighted by Crippen LogP contribution is 2.27. The number of ether oxygens (including phenoxy) is 1. The minimum atomic E-state index is -0.523. The molecule has 9 heteroatoms. The molecule has 9 nitrogen and oxygen atoms in total. The largest absolute Gasteiger partial charge is 0.497 e. The molecule has 2 atom stereocenters. The Kier molecular flexibility index (Phi) is 5.04. The fraction of sp³-hybridized carbons (Fsp3) is 0.450. The fourth-order valence-corrected chi connectivity index (χ4v) is 4.07. The molecule has 2 saturated heterocycles. The Bertz CT molecular complexity index is 831. The van der Waals surface area contributed by atoms with E-state index in [2.05, 4.69) is 33.8 Å². The van der Waals surface area contributed by atoms with Crippen molar-refractivity contribution in [3.05, 3.63) is 36.9 Å². The third kappa shape index (κ3) is 3.37. The number of aliphatic imine (C=N–C) groups is 1. The number of nitrogens with one attached hydrogen (secondary N) is 1. The van der Waals surface area contributed by atoms with Crippen molar-refractivity contribution in [3.8, 4) is 5.75 Å². The number of imide groups is 1. The average Bonchev–Trinajstić information content (AvgIpc) is 3.13. The molecule has 3 aliphatic heterocycles. The summed E-state index contributed by atoms with van der Waals surface area (Å²) in [5.41, 5.74) is 1.15. The van der Waals surface area contributed by atoms with Crippen molar-refractivity contribution < 1.29 is 14.3 Å². The van der Waals surface area contributed by atoms with Gasteiger partial charge in [-0.2, -0.15) is 0 Å². The van der Waals surface area contributed by atoms with E-state index in [1.54, 1.807) is 20.2 Å². The lowest BCUT2D eigenvalue weighted by atomic mass is 10.1. The summed E-state index contributed by atoms with van der Waals surface area (Å²) in [6.07, 6.45) is 1.25. The number of hydrogen-bond donors (Lipinski definition) is 1. The lowest BCUT2D eigenvalue weighted by molar-refractivity contribution is -0.127. The Balaban J connectivity index is 1.49. The number of fused-ring (bicyclic) bond motifs is 1. The Hall–Kier alpha value is -3.23. The quantitative estimate of drug-likeness (QED) is 0.747. The highest BCUT2D eigenvalue weighted by molar-refractivity contribution is 6.03. The third-order valence-corrected chi connectivity index (χ3v) is 5.66. The predicted molar refractivity (Wildman–Crippen MR) is 110 cm³/mol. The molecular weight excluding hydrogens is 372 g/mol. The van der Waals surface area contributed by atoms with Crippen LogP contribution in [-0.4, -0.2) is 91.7 Å². The first-order chi connectivity index (χ1) is 14.0. The molecule has 1 N–H and O–H groups in total. The van der Waals surface area contributed by atoms with Crippen LogP contribution in [0.1, 0.15) is 0 Å². The van der Waals surface area contributed by atoms with E-state index in [1.165, 1.54) is 4.90 Å². The molecule has 0 spiro atoms. The first-order valence-electron chi connectivity index (χ1n) is 9.70. The second kappa shape index (κ2) is 7.65. The highest BCUT2D eigenvalue weighted by atomic mass is 16.5. The van der Waals surface area contributed by atoms with Crippen molar-refractivity contribution in [2.24, 2.45) is 4.99 Å². The molecular formula is C20H26N6O3. The number of rotatable bonds is 4. The fourth-order valence-electron chi connectivity index (χ4n) is 4.07. The van der Waals surface area contributed by atoms with E-state index >= 15 is 0 Å². The number of benzene rings is 1. The number of piperazine rings is 1. The van der Waals surface area contributed by atoms with Crippen molar-refractivity contribution in [1.82, 2.24) is 20.0 Å². The van der Waals surface area contributed by atoms with Crippen molar-refractivity contribution in [3.63, 3.8) is 0 Å². The second-order valence-electron chi connectivity index (χ2n) is 7.31. The van der Waals surface area contributed by atoms with Gasteiger partial charge >= 0.3 is 6.03 Å². The van der Waals surface area contributed by atoms with E-state index in [1.807, 2.05) is 17.0 Å². The van der Waals surface area contributed by atoms with E-state index in [4.69, 9.17) is 9.73 Å². The van der Waals surface area contributed by atoms with Crippen LogP contribution < -0.4 is 15.0 Å². The molecule has 3 heterocycles. The van der Waals surface area contributed by atoms with E-state index in [0.717, 1.165) is 43.6 Å². The van der Waals surface area contributed by atoms with E-state index in [0.29, 0.717) is 6.54 Å². The summed E-state index contributed by atoms with van der Waals surface area (Å²) in [5, 5.41) is 2.41. The highest BCUT2D eigenvalue weighted by Gasteiger charge is 2.49. The number of carbonyl (C=O) groups excluding carboxylic acids is 2. The number of likely N-dealkylation sites (N-methyl/N-ethyl adjacent to an activating group) is 1. The number of amides is 3. The van der Waals surface area contributed by atoms with Gasteiger partial charge in [0.15, 0.2) is 18.2 Å². The Labute approximate surface area is 170 Å². The first kappa shape index (κ1) is 19.1. The minimum absolute atomic E-state index is 0.310. The van der Waals surface area contributed by atoms with Gasteiger partial charge in [0.05, 0.1) is 7.11 Å². The molecule has 29 heavy (non-hydrogen) atoms. The third-order valence-electron chi connectivity index (χ3n) is 5.66. The maximum atomic E-state index is 12.5. The van der Waals surface area contributed by atoms with Gasteiger partial charge in [0, 0.05) is 45.5 Å². The zero-order valence-electron chi connectivity index (χ0n) is 16.7. The van der Waals surface area contributed by atoms with Crippen LogP contribution >= 0.6 is 0 Å². The van der Waals surface area contributed by atoms with Crippen molar-refractivity contribution in [2.45, 2.75) is 12.2 Å². The molecule has 1 aromatic rings. The van der Waals surface area contributed by atoms with Gasteiger partial charge in [-0.3, -0.25) is 10.1 Å². The standard InChI is InChI=1S/C20H26N6O3/c1-4-9-26-16-17(23(2)20(28)22-18(16)27)21-19(26)25-12-10-24(11-13-25)14-5-7-15(29-3)8-6-14/h4-8,16-17H,1,9-13H2,2-3H3,(H,22,27,28). The number of urea groups is 1. The Morgan fingerprint density at radius 1 is 1.17 bits per heavy atom. The topological polar surface area (TPSA) is 80.7 Å². The number of hydrogen-bond acceptors (Lipinski definition) is 7. The predicted octanol–water partition coefficient (Wildman–Crippen LogP) is 0.551. The molecule has 2 fully saturated rings. The zero-order chi connectivity index (χ0) is 20.5. The maximum absolute atomic E-state index is 12.5. The number of nitrogens with zero attached hydrogens (tertiary/aromatic N) is 5. The molecule has 4 rings (SSSR count). The van der Waals surface area contributed by atoms with Crippen LogP contribution in [0.4, 0.5) is 10.5 Å². The Morgan fingerprint density at radius 3 is 2.45 bits per heavy atom. The van der Waals surface area contributed by atoms with Gasteiger partial charge in [0.1, 0.15) is 5.75 Å². The van der Waals surface area contributed by atoms with Crippen LogP contribution in [0.3, 0.4) is 0 Å². The van der Waals surface area contributed by atoms with Gasteiger partial charge < -0.3 is 24.3 Å². The van der Waals surface area contributed by atoms with Crippen molar-refractivity contribution in [2.75, 3.05) is 51.8 Å². The van der Waals surface area contributed by atoms with Crippen LogP contribution in [-0.2, 0) is 4.79 Å². The average molecular weight is 398 g/mol. The van der Waals surface area contributed by atoms with Crippen molar-refractivity contribution in [1.29, 1.82) is 0 Å². The minimum Gasteiger partial charge on any atom is -0.497 e. The zero-order valence-corrected chi connectivity index (χ0v) is 16.7. The van der Waals surface area contributed by atoms with Crippen LogP contribution in [0.5, 0.6) is 5.75 Å². The first-order valence-corrected chi connectivity index (χ1v) is 9.70. The maximum Gasteiger partial charge on any atom is 0.325 e. The van der Waals surface area contributed by atoms with Crippen LogP contribution in [0.25, 0.3) is 0 Å². The van der Waals surface area contributed by atoms with Gasteiger partial charge in [-0.15, -0.1) is 6.58 Å². The van der Waals surface area contributed by atoms with E-state index in [-0.39, 0.29) is 5.91 Å².